The maximum Gasteiger partial charge on any atom is 0.139 e. The Morgan fingerprint density at radius 3 is 2.05 bits per heavy atom. The van der Waals surface area contributed by atoms with Crippen molar-refractivity contribution in [2.24, 2.45) is 0 Å². The van der Waals surface area contributed by atoms with E-state index in [1.54, 1.807) is 6.08 Å². The quantitative estimate of drug-likeness (QED) is 0.867. The Morgan fingerprint density at radius 2 is 1.57 bits per heavy atom. The normalized spacial score (nSPS) is 27.0. The van der Waals surface area contributed by atoms with E-state index >= 15 is 0 Å². The molecule has 0 heterocycles. The molecule has 3 rings (SSSR count). The Kier molecular flexibility index (Phi) is 3.26. The summed E-state index contributed by atoms with van der Waals surface area (Å²) in [5.74, 6) is 0. The van der Waals surface area contributed by atoms with Crippen LogP contribution in [0.4, 0.5) is 0 Å². The van der Waals surface area contributed by atoms with E-state index in [1.807, 2.05) is 60.7 Å². The number of aliphatic hydroxyl groups is 1. The molecular weight excluding hydrogens is 260 g/mol. The lowest BCUT2D eigenvalue weighted by Gasteiger charge is -2.34. The lowest BCUT2D eigenvalue weighted by molar-refractivity contribution is 0.0619. The van der Waals surface area contributed by atoms with Crippen LogP contribution in [0.1, 0.15) is 26.7 Å². The minimum atomic E-state index is -1.40. The summed E-state index contributed by atoms with van der Waals surface area (Å²) in [6, 6.07) is 18.7. The van der Waals surface area contributed by atoms with Crippen molar-refractivity contribution < 1.29 is 12.6 Å². The van der Waals surface area contributed by atoms with Crippen molar-refractivity contribution in [2.75, 3.05) is 7.11 Å². The van der Waals surface area contributed by atoms with E-state index in [9.17, 15) is 5.11 Å². The zero-order valence-corrected chi connectivity index (χ0v) is 11.9. The molecule has 0 saturated heterocycles. The van der Waals surface area contributed by atoms with Crippen molar-refractivity contribution in [2.45, 2.75) is 24.5 Å². The van der Waals surface area contributed by atoms with E-state index in [2.05, 4.69) is 0 Å². The molecule has 108 valence electrons. The predicted octanol–water partition coefficient (Wildman–Crippen LogP) is 3.66. The monoisotopic (exact) mass is 282 g/mol. The van der Waals surface area contributed by atoms with Crippen LogP contribution in [0.15, 0.2) is 72.3 Å². The molecular formula is C19H20O2. The van der Waals surface area contributed by atoms with E-state index in [0.717, 1.165) is 0 Å². The largest absolute Gasteiger partial charge is 0.377 e. The van der Waals surface area contributed by atoms with Gasteiger partial charge in [0.25, 0.3) is 0 Å². The van der Waals surface area contributed by atoms with Crippen molar-refractivity contribution in [1.82, 2.24) is 0 Å². The van der Waals surface area contributed by atoms with Gasteiger partial charge in [0.1, 0.15) is 5.60 Å². The lowest BCUT2D eigenvalue weighted by atomic mass is 9.79. The molecule has 2 heteroatoms. The Hall–Kier alpha value is -1.90. The van der Waals surface area contributed by atoms with Gasteiger partial charge in [0, 0.05) is 9.85 Å². The van der Waals surface area contributed by atoms with Crippen LogP contribution in [-0.4, -0.2) is 18.3 Å². The highest BCUT2D eigenvalue weighted by Gasteiger charge is 2.41. The second kappa shape index (κ2) is 5.84. The van der Waals surface area contributed by atoms with Crippen LogP contribution < -0.4 is 0 Å². The highest BCUT2D eigenvalue weighted by atomic mass is 16.5. The summed E-state index contributed by atoms with van der Waals surface area (Å²) in [7, 11) is 1.52. The van der Waals surface area contributed by atoms with Gasteiger partial charge < -0.3 is 9.84 Å². The molecule has 2 nitrogen and oxygen atoms in total. The van der Waals surface area contributed by atoms with E-state index < -0.39 is 24.5 Å². The van der Waals surface area contributed by atoms with Gasteiger partial charge >= 0.3 is 0 Å². The Bertz CT molecular complexity index is 646. The van der Waals surface area contributed by atoms with Crippen LogP contribution in [-0.2, 0) is 10.3 Å². The summed E-state index contributed by atoms with van der Waals surface area (Å²) in [6.07, 6.45) is -0.406. The maximum absolute atomic E-state index is 11.7. The molecule has 0 unspecified atom stereocenters. The smallest absolute Gasteiger partial charge is 0.139 e. The molecule has 0 fully saturated rings. The molecule has 0 aliphatic heterocycles. The summed E-state index contributed by atoms with van der Waals surface area (Å²) in [5.41, 5.74) is 0.581. The van der Waals surface area contributed by atoms with Gasteiger partial charge in [0.2, 0.25) is 0 Å². The molecule has 2 aromatic rings. The molecule has 0 spiro atoms. The van der Waals surface area contributed by atoms with Crippen LogP contribution >= 0.6 is 0 Å². The predicted molar refractivity (Wildman–Crippen MR) is 84.0 cm³/mol. The zero-order chi connectivity index (χ0) is 16.4. The van der Waals surface area contributed by atoms with Gasteiger partial charge in [-0.25, -0.2) is 0 Å². The molecule has 0 bridgehead atoms. The highest BCUT2D eigenvalue weighted by molar-refractivity contribution is 5.47. The van der Waals surface area contributed by atoms with Gasteiger partial charge in [-0.3, -0.25) is 0 Å². The number of hydrogen-bond acceptors (Lipinski definition) is 2. The number of rotatable bonds is 4. The minimum absolute atomic E-state index is 0.567. The number of allylic oxidation sites excluding steroid dienone is 1. The molecule has 2 aromatic carbocycles. The van der Waals surface area contributed by atoms with Crippen LogP contribution in [0.2, 0.25) is 0 Å². The Balaban J connectivity index is 2.20. The summed E-state index contributed by atoms with van der Waals surface area (Å²) in [6.45, 7) is 0. The molecule has 0 aromatic heterocycles. The first-order valence-corrected chi connectivity index (χ1v) is 7.02. The van der Waals surface area contributed by atoms with Crippen LogP contribution in [0.3, 0.4) is 0 Å². The third kappa shape index (κ3) is 2.41. The van der Waals surface area contributed by atoms with Crippen molar-refractivity contribution in [3.63, 3.8) is 0 Å². The van der Waals surface area contributed by atoms with Gasteiger partial charge in [0.05, 0.1) is 6.10 Å². The Labute approximate surface area is 128 Å². The molecule has 1 aliphatic carbocycles. The van der Waals surface area contributed by atoms with Gasteiger partial charge in [-0.1, -0.05) is 66.7 Å². The fourth-order valence-electron chi connectivity index (χ4n) is 2.85. The summed E-state index contributed by atoms with van der Waals surface area (Å²) >= 11 is 0. The van der Waals surface area contributed by atoms with Crippen molar-refractivity contribution in [3.8, 4) is 0 Å². The lowest BCUT2D eigenvalue weighted by Crippen LogP contribution is -2.34. The molecule has 0 amide bonds. The van der Waals surface area contributed by atoms with E-state index in [4.69, 9.17) is 7.48 Å². The number of benzene rings is 2. The minimum Gasteiger partial charge on any atom is -0.377 e. The third-order valence-corrected chi connectivity index (χ3v) is 3.92. The second-order valence-electron chi connectivity index (χ2n) is 5.11. The zero-order valence-electron chi connectivity index (χ0n) is 13.9. The fraction of sp³-hybridized carbons (Fsp3) is 0.263. The summed E-state index contributed by atoms with van der Waals surface area (Å²) < 4.78 is 21.7. The topological polar surface area (TPSA) is 29.5 Å². The maximum atomic E-state index is 11.7. The van der Waals surface area contributed by atoms with Gasteiger partial charge in [-0.15, -0.1) is 0 Å². The number of ether oxygens (including phenoxy) is 1. The van der Waals surface area contributed by atoms with E-state index in [1.165, 1.54) is 7.11 Å². The summed E-state index contributed by atoms with van der Waals surface area (Å²) in [4.78, 5) is 0. The molecule has 0 saturated carbocycles. The molecule has 0 radical (unpaired) electrons. The van der Waals surface area contributed by atoms with Crippen LogP contribution in [0.5, 0.6) is 0 Å². The second-order valence-corrected chi connectivity index (χ2v) is 5.11. The Morgan fingerprint density at radius 1 is 1.05 bits per heavy atom. The first-order chi connectivity index (χ1) is 11.1. The van der Waals surface area contributed by atoms with Crippen LogP contribution in [0.25, 0.3) is 0 Å². The van der Waals surface area contributed by atoms with Crippen LogP contribution in [0, 0.1) is 0 Å². The molecule has 3 atom stereocenters. The average molecular weight is 282 g/mol. The summed E-state index contributed by atoms with van der Waals surface area (Å²) in [5, 5.41) is 11.7. The SMILES string of the molecule is [2H][C@@H]1[C@H](OC)C(C(O)(c2ccccc2)c2ccccc2)=C[C@@H]1[2H]. The van der Waals surface area contributed by atoms with Gasteiger partial charge in [0.15, 0.2) is 0 Å². The first-order valence-electron chi connectivity index (χ1n) is 8.17. The first kappa shape index (κ1) is 11.7. The van der Waals surface area contributed by atoms with Gasteiger partial charge in [-0.05, 0) is 29.5 Å². The molecule has 21 heavy (non-hydrogen) atoms. The standard InChI is InChI=1S/C19H20O2/c1-21-18-14-8-13-17(18)19(20,15-9-4-2-5-10-15)16-11-6-3-7-12-16/h2-7,9-13,18,20H,8,14H2,1H3/t18-/m0/s1/i8D,14D/t8-,14-,18-. The highest BCUT2D eigenvalue weighted by Crippen LogP contribution is 2.42. The third-order valence-electron chi connectivity index (χ3n) is 3.92. The number of hydrogen-bond donors (Lipinski definition) is 1. The average Bonchev–Trinajstić information content (AvgIpc) is 2.90. The molecule has 1 N–H and O–H groups in total. The van der Waals surface area contributed by atoms with E-state index in [-0.39, 0.29) is 0 Å². The van der Waals surface area contributed by atoms with E-state index in [0.29, 0.717) is 16.7 Å². The van der Waals surface area contributed by atoms with Crippen molar-refractivity contribution >= 4 is 0 Å². The molecule has 1 aliphatic rings. The van der Waals surface area contributed by atoms with Gasteiger partial charge in [-0.2, -0.15) is 0 Å². The fourth-order valence-corrected chi connectivity index (χ4v) is 2.85. The number of methoxy groups -OCH3 is 1. The van der Waals surface area contributed by atoms with Crippen molar-refractivity contribution in [3.05, 3.63) is 83.4 Å². The van der Waals surface area contributed by atoms with Crippen molar-refractivity contribution in [1.29, 1.82) is 0 Å².